The van der Waals surface area contributed by atoms with Crippen LogP contribution in [0.15, 0.2) is 0 Å². The Hall–Kier alpha value is -1.01. The normalized spacial score (nSPS) is 8.50. The summed E-state index contributed by atoms with van der Waals surface area (Å²) >= 11 is 0. The maximum absolute atomic E-state index is 9.88. The van der Waals surface area contributed by atoms with E-state index in [0.29, 0.717) is 11.5 Å². The standard InChI is InChI=1S/C9H15NO2/c1-2-3-4-5-6-7-8-10(12)9-11/h9,12H,2-5,8H2,1H3. The molecule has 3 nitrogen and oxygen atoms in total. The van der Waals surface area contributed by atoms with Crippen LogP contribution in [-0.4, -0.2) is 23.2 Å². The predicted molar refractivity (Wildman–Crippen MR) is 46.5 cm³/mol. The number of hydroxylamine groups is 2. The number of carbonyl (C=O) groups excluding carboxylic acids is 1. The van der Waals surface area contributed by atoms with Crippen LogP contribution >= 0.6 is 0 Å². The third kappa shape index (κ3) is 7.10. The monoisotopic (exact) mass is 169 g/mol. The van der Waals surface area contributed by atoms with Gasteiger partial charge in [0.15, 0.2) is 0 Å². The van der Waals surface area contributed by atoms with Gasteiger partial charge in [0.05, 0.1) is 0 Å². The first-order chi connectivity index (χ1) is 5.81. The number of hydrogen-bond acceptors (Lipinski definition) is 2. The molecule has 68 valence electrons. The van der Waals surface area contributed by atoms with Gasteiger partial charge in [0.25, 0.3) is 0 Å². The molecule has 0 atom stereocenters. The Morgan fingerprint density at radius 1 is 1.42 bits per heavy atom. The Bertz CT molecular complexity index is 169. The van der Waals surface area contributed by atoms with Crippen molar-refractivity contribution >= 4 is 6.41 Å². The number of rotatable bonds is 5. The van der Waals surface area contributed by atoms with E-state index >= 15 is 0 Å². The van der Waals surface area contributed by atoms with Crippen molar-refractivity contribution in [3.63, 3.8) is 0 Å². The zero-order valence-electron chi connectivity index (χ0n) is 7.42. The lowest BCUT2D eigenvalue weighted by Gasteiger charge is -1.99. The number of unbranched alkanes of at least 4 members (excludes halogenated alkanes) is 3. The Morgan fingerprint density at radius 3 is 2.75 bits per heavy atom. The van der Waals surface area contributed by atoms with Crippen LogP contribution in [0.1, 0.15) is 32.6 Å². The summed E-state index contributed by atoms with van der Waals surface area (Å²) in [6, 6.07) is 0. The first-order valence-corrected chi connectivity index (χ1v) is 4.17. The van der Waals surface area contributed by atoms with E-state index in [4.69, 9.17) is 5.21 Å². The van der Waals surface area contributed by atoms with Gasteiger partial charge < -0.3 is 0 Å². The van der Waals surface area contributed by atoms with Gasteiger partial charge in [-0.25, -0.2) is 5.06 Å². The Morgan fingerprint density at radius 2 is 2.17 bits per heavy atom. The Labute approximate surface area is 73.3 Å². The summed E-state index contributed by atoms with van der Waals surface area (Å²) in [4.78, 5) is 9.88. The van der Waals surface area contributed by atoms with Gasteiger partial charge in [-0.15, -0.1) is 5.92 Å². The highest BCUT2D eigenvalue weighted by atomic mass is 16.5. The lowest BCUT2D eigenvalue weighted by Crippen LogP contribution is -2.16. The molecule has 0 bridgehead atoms. The van der Waals surface area contributed by atoms with Crippen LogP contribution in [-0.2, 0) is 4.79 Å². The minimum Gasteiger partial charge on any atom is -0.285 e. The van der Waals surface area contributed by atoms with E-state index in [0.717, 1.165) is 12.8 Å². The number of nitrogens with zero attached hydrogens (tertiary/aromatic N) is 1. The second-order valence-electron chi connectivity index (χ2n) is 2.51. The van der Waals surface area contributed by atoms with Gasteiger partial charge in [-0.2, -0.15) is 0 Å². The fraction of sp³-hybridized carbons (Fsp3) is 0.667. The summed E-state index contributed by atoms with van der Waals surface area (Å²) in [5, 5.41) is 9.16. The van der Waals surface area contributed by atoms with E-state index in [1.54, 1.807) is 0 Å². The maximum Gasteiger partial charge on any atom is 0.234 e. The molecule has 0 aromatic carbocycles. The molecule has 0 spiro atoms. The number of carbonyl (C=O) groups is 1. The predicted octanol–water partition coefficient (Wildman–Crippen LogP) is 1.42. The lowest BCUT2D eigenvalue weighted by atomic mass is 10.2. The van der Waals surface area contributed by atoms with Gasteiger partial charge in [-0.05, 0) is 6.42 Å². The highest BCUT2D eigenvalue weighted by Crippen LogP contribution is 1.96. The van der Waals surface area contributed by atoms with Crippen LogP contribution < -0.4 is 0 Å². The number of hydrogen-bond donors (Lipinski definition) is 1. The Balaban J connectivity index is 3.28. The largest absolute Gasteiger partial charge is 0.285 e. The molecule has 0 aliphatic rings. The van der Waals surface area contributed by atoms with Crippen molar-refractivity contribution in [1.82, 2.24) is 5.06 Å². The second-order valence-corrected chi connectivity index (χ2v) is 2.51. The number of amides is 1. The van der Waals surface area contributed by atoms with Crippen LogP contribution in [0.3, 0.4) is 0 Å². The van der Waals surface area contributed by atoms with Crippen LogP contribution in [0.2, 0.25) is 0 Å². The molecule has 0 aromatic heterocycles. The fourth-order valence-corrected chi connectivity index (χ4v) is 0.726. The van der Waals surface area contributed by atoms with Crippen LogP contribution in [0.5, 0.6) is 0 Å². The lowest BCUT2D eigenvalue weighted by molar-refractivity contribution is -0.146. The molecule has 0 aliphatic heterocycles. The molecule has 1 amide bonds. The highest BCUT2D eigenvalue weighted by Gasteiger charge is 1.87. The SMILES string of the molecule is CCCCCC#CCN(O)C=O. The summed E-state index contributed by atoms with van der Waals surface area (Å²) in [5.41, 5.74) is 0. The molecular weight excluding hydrogens is 154 g/mol. The van der Waals surface area contributed by atoms with Crippen molar-refractivity contribution in [2.24, 2.45) is 0 Å². The second kappa shape index (κ2) is 8.09. The summed E-state index contributed by atoms with van der Waals surface area (Å²) in [6.07, 6.45) is 4.66. The third-order valence-corrected chi connectivity index (χ3v) is 1.39. The molecule has 3 heteroatoms. The van der Waals surface area contributed by atoms with Crippen molar-refractivity contribution in [3.05, 3.63) is 0 Å². The molecule has 1 N–H and O–H groups in total. The van der Waals surface area contributed by atoms with E-state index in [9.17, 15) is 4.79 Å². The first-order valence-electron chi connectivity index (χ1n) is 4.17. The topological polar surface area (TPSA) is 40.5 Å². The van der Waals surface area contributed by atoms with Gasteiger partial charge in [0.2, 0.25) is 6.41 Å². The maximum atomic E-state index is 9.88. The average Bonchev–Trinajstić information content (AvgIpc) is 2.10. The van der Waals surface area contributed by atoms with E-state index in [1.807, 2.05) is 0 Å². The molecule has 12 heavy (non-hydrogen) atoms. The van der Waals surface area contributed by atoms with Crippen LogP contribution in [0.25, 0.3) is 0 Å². The quantitative estimate of drug-likeness (QED) is 0.222. The van der Waals surface area contributed by atoms with E-state index in [-0.39, 0.29) is 6.54 Å². The van der Waals surface area contributed by atoms with E-state index in [2.05, 4.69) is 18.8 Å². The molecule has 0 aromatic rings. The molecule has 0 rings (SSSR count). The molecule has 0 heterocycles. The van der Waals surface area contributed by atoms with Gasteiger partial charge >= 0.3 is 0 Å². The van der Waals surface area contributed by atoms with E-state index < -0.39 is 0 Å². The molecule has 0 unspecified atom stereocenters. The summed E-state index contributed by atoms with van der Waals surface area (Å²) in [7, 11) is 0. The molecule has 0 fully saturated rings. The van der Waals surface area contributed by atoms with E-state index in [1.165, 1.54) is 12.8 Å². The molecule has 0 radical (unpaired) electrons. The van der Waals surface area contributed by atoms with Gasteiger partial charge in [0, 0.05) is 6.42 Å². The third-order valence-electron chi connectivity index (χ3n) is 1.39. The average molecular weight is 169 g/mol. The zero-order chi connectivity index (χ0) is 9.23. The minimum absolute atomic E-state index is 0.107. The van der Waals surface area contributed by atoms with Gasteiger partial charge in [0.1, 0.15) is 6.54 Å². The smallest absolute Gasteiger partial charge is 0.234 e. The molecule has 0 saturated heterocycles. The fourth-order valence-electron chi connectivity index (χ4n) is 0.726. The minimum atomic E-state index is 0.107. The molecular formula is C9H15NO2. The summed E-state index contributed by atoms with van der Waals surface area (Å²) in [5.74, 6) is 5.56. The highest BCUT2D eigenvalue weighted by molar-refractivity contribution is 5.45. The van der Waals surface area contributed by atoms with Crippen molar-refractivity contribution in [2.75, 3.05) is 6.54 Å². The summed E-state index contributed by atoms with van der Waals surface area (Å²) < 4.78 is 0. The van der Waals surface area contributed by atoms with Crippen LogP contribution in [0, 0.1) is 11.8 Å². The summed E-state index contributed by atoms with van der Waals surface area (Å²) in [6.45, 7) is 2.24. The zero-order valence-corrected chi connectivity index (χ0v) is 7.42. The molecule has 0 aliphatic carbocycles. The first kappa shape index (κ1) is 11.0. The van der Waals surface area contributed by atoms with Crippen molar-refractivity contribution in [1.29, 1.82) is 0 Å². The van der Waals surface area contributed by atoms with Crippen LogP contribution in [0.4, 0.5) is 0 Å². The van der Waals surface area contributed by atoms with Gasteiger partial charge in [-0.3, -0.25) is 10.0 Å². The van der Waals surface area contributed by atoms with Gasteiger partial charge in [-0.1, -0.05) is 25.7 Å². The van der Waals surface area contributed by atoms with Crippen molar-refractivity contribution in [3.8, 4) is 11.8 Å². The molecule has 0 saturated carbocycles. The Kier molecular flexibility index (Phi) is 7.41. The van der Waals surface area contributed by atoms with Crippen molar-refractivity contribution < 1.29 is 10.0 Å². The van der Waals surface area contributed by atoms with Crippen molar-refractivity contribution in [2.45, 2.75) is 32.6 Å².